The summed E-state index contributed by atoms with van der Waals surface area (Å²) in [5, 5.41) is 4.68. The first-order valence-electron chi connectivity index (χ1n) is 7.54. The molecule has 108 valence electrons. The molecule has 3 rings (SSSR count). The first-order valence-corrected chi connectivity index (χ1v) is 7.54. The Balaban J connectivity index is 1.65. The first kappa shape index (κ1) is 13.4. The number of aromatic nitrogens is 1. The maximum absolute atomic E-state index is 5.46. The van der Waals surface area contributed by atoms with Crippen LogP contribution in [0.5, 0.6) is 0 Å². The van der Waals surface area contributed by atoms with E-state index in [4.69, 9.17) is 4.42 Å². The van der Waals surface area contributed by atoms with Crippen molar-refractivity contribution < 1.29 is 4.42 Å². The van der Waals surface area contributed by atoms with Gasteiger partial charge >= 0.3 is 0 Å². The van der Waals surface area contributed by atoms with E-state index in [2.05, 4.69) is 29.0 Å². The molecule has 1 fully saturated rings. The molecule has 0 saturated carbocycles. The first-order chi connectivity index (χ1) is 9.74. The second kappa shape index (κ2) is 5.83. The minimum atomic E-state index is 0.578. The molecule has 1 aliphatic heterocycles. The number of anilines is 1. The van der Waals surface area contributed by atoms with Gasteiger partial charge in [0, 0.05) is 25.3 Å². The molecule has 0 spiro atoms. The second-order valence-electron chi connectivity index (χ2n) is 5.96. The van der Waals surface area contributed by atoms with E-state index in [1.54, 1.807) is 6.26 Å². The van der Waals surface area contributed by atoms with E-state index in [9.17, 15) is 0 Å². The van der Waals surface area contributed by atoms with Crippen LogP contribution >= 0.6 is 0 Å². The average Bonchev–Trinajstić information content (AvgIpc) is 2.94. The van der Waals surface area contributed by atoms with E-state index in [-0.39, 0.29) is 0 Å². The smallest absolute Gasteiger partial charge is 0.139 e. The zero-order valence-electron chi connectivity index (χ0n) is 12.3. The van der Waals surface area contributed by atoms with Crippen molar-refractivity contribution in [2.75, 3.05) is 24.5 Å². The van der Waals surface area contributed by atoms with Gasteiger partial charge in [-0.2, -0.15) is 0 Å². The number of fused-ring (bicyclic) bond motifs is 1. The van der Waals surface area contributed by atoms with Crippen molar-refractivity contribution in [1.82, 2.24) is 10.3 Å². The van der Waals surface area contributed by atoms with Gasteiger partial charge in [0.15, 0.2) is 0 Å². The minimum absolute atomic E-state index is 0.578. The molecular formula is C16H23N3O. The predicted octanol–water partition coefficient (Wildman–Crippen LogP) is 3.04. The van der Waals surface area contributed by atoms with Crippen molar-refractivity contribution in [3.63, 3.8) is 0 Å². The van der Waals surface area contributed by atoms with Crippen LogP contribution in [-0.4, -0.2) is 30.7 Å². The highest BCUT2D eigenvalue weighted by Gasteiger charge is 2.21. The highest BCUT2D eigenvalue weighted by molar-refractivity contribution is 5.88. The molecule has 0 radical (unpaired) electrons. The Morgan fingerprint density at radius 1 is 1.35 bits per heavy atom. The van der Waals surface area contributed by atoms with E-state index in [1.165, 1.54) is 12.8 Å². The molecule has 4 heteroatoms. The van der Waals surface area contributed by atoms with E-state index in [1.807, 2.05) is 18.3 Å². The third-order valence-electron chi connectivity index (χ3n) is 4.09. The van der Waals surface area contributed by atoms with Crippen molar-refractivity contribution in [2.24, 2.45) is 5.92 Å². The summed E-state index contributed by atoms with van der Waals surface area (Å²) in [6, 6.07) is 4.52. The Labute approximate surface area is 120 Å². The summed E-state index contributed by atoms with van der Waals surface area (Å²) in [5.74, 6) is 1.86. The maximum atomic E-state index is 5.46. The van der Waals surface area contributed by atoms with E-state index in [0.717, 1.165) is 42.3 Å². The van der Waals surface area contributed by atoms with Crippen molar-refractivity contribution in [2.45, 2.75) is 32.7 Å². The molecule has 20 heavy (non-hydrogen) atoms. The highest BCUT2D eigenvalue weighted by atomic mass is 16.3. The van der Waals surface area contributed by atoms with Crippen molar-refractivity contribution in [3.05, 3.63) is 24.6 Å². The quantitative estimate of drug-likeness (QED) is 0.929. The molecule has 0 atom stereocenters. The van der Waals surface area contributed by atoms with Gasteiger partial charge < -0.3 is 14.6 Å². The lowest BCUT2D eigenvalue weighted by molar-refractivity contribution is 0.370. The summed E-state index contributed by atoms with van der Waals surface area (Å²) >= 11 is 0. The van der Waals surface area contributed by atoms with Crippen LogP contribution in [0.15, 0.2) is 29.0 Å². The fourth-order valence-corrected chi connectivity index (χ4v) is 2.88. The fourth-order valence-electron chi connectivity index (χ4n) is 2.88. The van der Waals surface area contributed by atoms with Crippen LogP contribution in [-0.2, 0) is 0 Å². The van der Waals surface area contributed by atoms with Crippen molar-refractivity contribution in [3.8, 4) is 0 Å². The van der Waals surface area contributed by atoms with Gasteiger partial charge in [-0.05, 0) is 37.4 Å². The van der Waals surface area contributed by atoms with E-state index < -0.39 is 0 Å². The van der Waals surface area contributed by atoms with E-state index >= 15 is 0 Å². The lowest BCUT2D eigenvalue weighted by Crippen LogP contribution is -2.39. The summed E-state index contributed by atoms with van der Waals surface area (Å²) in [7, 11) is 0. The van der Waals surface area contributed by atoms with Crippen molar-refractivity contribution >= 4 is 16.8 Å². The molecule has 3 heterocycles. The summed E-state index contributed by atoms with van der Waals surface area (Å²) in [5.41, 5.74) is 0.929. The van der Waals surface area contributed by atoms with Crippen LogP contribution in [0, 0.1) is 5.92 Å². The molecule has 0 aliphatic carbocycles. The molecule has 2 aromatic rings. The second-order valence-corrected chi connectivity index (χ2v) is 5.96. The number of pyridine rings is 1. The third-order valence-corrected chi connectivity index (χ3v) is 4.09. The lowest BCUT2D eigenvalue weighted by atomic mass is 9.96. The summed E-state index contributed by atoms with van der Waals surface area (Å²) in [4.78, 5) is 6.94. The third kappa shape index (κ3) is 2.80. The van der Waals surface area contributed by atoms with Gasteiger partial charge in [0.1, 0.15) is 11.4 Å². The SMILES string of the molecule is CC(C)NCC1CCN(c2nccc3occc23)CC1. The molecule has 0 unspecified atom stereocenters. The number of nitrogens with zero attached hydrogens (tertiary/aromatic N) is 2. The van der Waals surface area contributed by atoms with Crippen molar-refractivity contribution in [1.29, 1.82) is 0 Å². The molecule has 1 aliphatic rings. The Kier molecular flexibility index (Phi) is 3.92. The molecule has 4 nitrogen and oxygen atoms in total. The molecule has 0 amide bonds. The molecule has 2 aromatic heterocycles. The van der Waals surface area contributed by atoms with Crippen LogP contribution in [0.25, 0.3) is 11.0 Å². The number of hydrogen-bond acceptors (Lipinski definition) is 4. The number of furan rings is 1. The molecule has 1 N–H and O–H groups in total. The lowest BCUT2D eigenvalue weighted by Gasteiger charge is -2.33. The average molecular weight is 273 g/mol. The summed E-state index contributed by atoms with van der Waals surface area (Å²) in [6.45, 7) is 7.72. The molecule has 1 saturated heterocycles. The van der Waals surface area contributed by atoms with Gasteiger partial charge in [0.2, 0.25) is 0 Å². The fraction of sp³-hybridized carbons (Fsp3) is 0.562. The number of hydrogen-bond donors (Lipinski definition) is 1. The molecule has 0 bridgehead atoms. The number of nitrogens with one attached hydrogen (secondary N) is 1. The summed E-state index contributed by atoms with van der Waals surface area (Å²) < 4.78 is 5.46. The van der Waals surface area contributed by atoms with Gasteiger partial charge in [0.05, 0.1) is 11.6 Å². The van der Waals surface area contributed by atoms with Crippen LogP contribution < -0.4 is 10.2 Å². The molecular weight excluding hydrogens is 250 g/mol. The Bertz CT molecular complexity index is 556. The summed E-state index contributed by atoms with van der Waals surface area (Å²) in [6.07, 6.45) is 6.05. The normalized spacial score (nSPS) is 17.2. The van der Waals surface area contributed by atoms with Gasteiger partial charge in [-0.1, -0.05) is 13.8 Å². The van der Waals surface area contributed by atoms with Gasteiger partial charge in [0.25, 0.3) is 0 Å². The largest absolute Gasteiger partial charge is 0.464 e. The number of rotatable bonds is 4. The van der Waals surface area contributed by atoms with Crippen LogP contribution in [0.3, 0.4) is 0 Å². The van der Waals surface area contributed by atoms with Gasteiger partial charge in [-0.25, -0.2) is 4.98 Å². The zero-order valence-corrected chi connectivity index (χ0v) is 12.3. The van der Waals surface area contributed by atoms with Crippen LogP contribution in [0.1, 0.15) is 26.7 Å². The maximum Gasteiger partial charge on any atom is 0.139 e. The topological polar surface area (TPSA) is 41.3 Å². The monoisotopic (exact) mass is 273 g/mol. The Hall–Kier alpha value is -1.55. The van der Waals surface area contributed by atoms with Gasteiger partial charge in [-0.3, -0.25) is 0 Å². The van der Waals surface area contributed by atoms with Crippen LogP contribution in [0.2, 0.25) is 0 Å². The van der Waals surface area contributed by atoms with Crippen LogP contribution in [0.4, 0.5) is 5.82 Å². The minimum Gasteiger partial charge on any atom is -0.464 e. The predicted molar refractivity (Wildman–Crippen MR) is 82.1 cm³/mol. The van der Waals surface area contributed by atoms with E-state index in [0.29, 0.717) is 6.04 Å². The van der Waals surface area contributed by atoms with Gasteiger partial charge in [-0.15, -0.1) is 0 Å². The highest BCUT2D eigenvalue weighted by Crippen LogP contribution is 2.28. The number of piperidine rings is 1. The molecule has 0 aromatic carbocycles. The Morgan fingerprint density at radius 2 is 2.15 bits per heavy atom. The zero-order chi connectivity index (χ0) is 13.9. The standard InChI is InChI=1S/C16H23N3O/c1-12(2)18-11-13-4-8-19(9-5-13)16-14-6-10-20-15(14)3-7-17-16/h3,6-7,10,12-13,18H,4-5,8-9,11H2,1-2H3. The Morgan fingerprint density at radius 3 is 2.90 bits per heavy atom.